The highest BCUT2D eigenvalue weighted by atomic mass is 127. The van der Waals surface area contributed by atoms with Crippen LogP contribution in [0.15, 0.2) is 23.2 Å². The van der Waals surface area contributed by atoms with Gasteiger partial charge in [0, 0.05) is 25.8 Å². The number of benzene rings is 1. The summed E-state index contributed by atoms with van der Waals surface area (Å²) in [5.74, 6) is 0.535. The number of aliphatic imine (C=N–C) groups is 1. The number of nitrogens with one attached hydrogen (secondary N) is 1. The zero-order valence-corrected chi connectivity index (χ0v) is 19.3. The summed E-state index contributed by atoms with van der Waals surface area (Å²) in [6.07, 6.45) is -0.329. The molecule has 0 aromatic heterocycles. The molecule has 0 aliphatic rings. The van der Waals surface area contributed by atoms with Gasteiger partial charge in [0.2, 0.25) is 0 Å². The first-order valence-corrected chi connectivity index (χ1v) is 8.56. The largest absolute Gasteiger partial charge is 0.444 e. The van der Waals surface area contributed by atoms with E-state index in [9.17, 15) is 4.79 Å². The van der Waals surface area contributed by atoms with Crippen LogP contribution >= 0.6 is 24.0 Å². The molecule has 0 saturated carbocycles. The van der Waals surface area contributed by atoms with Gasteiger partial charge < -0.3 is 20.7 Å². The minimum absolute atomic E-state index is 0. The predicted molar refractivity (Wildman–Crippen MR) is 119 cm³/mol. The molecule has 1 rings (SSSR count). The number of aryl methyl sites for hydroxylation is 2. The van der Waals surface area contributed by atoms with E-state index in [4.69, 9.17) is 10.5 Å². The van der Waals surface area contributed by atoms with Crippen molar-refractivity contribution >= 4 is 41.7 Å². The van der Waals surface area contributed by atoms with Crippen molar-refractivity contribution in [2.75, 3.05) is 25.5 Å². The highest BCUT2D eigenvalue weighted by molar-refractivity contribution is 14.0. The zero-order chi connectivity index (χ0) is 19.2. The van der Waals surface area contributed by atoms with Crippen molar-refractivity contribution in [2.45, 2.75) is 47.1 Å². The van der Waals surface area contributed by atoms with Crippen LogP contribution in [0, 0.1) is 19.8 Å². The molecule has 1 aromatic rings. The molecule has 0 fully saturated rings. The summed E-state index contributed by atoms with van der Waals surface area (Å²) in [5, 5.41) is 3.09. The summed E-state index contributed by atoms with van der Waals surface area (Å²) >= 11 is 0. The number of hydrogen-bond donors (Lipinski definition) is 2. The third-order valence-electron chi connectivity index (χ3n) is 3.64. The molecule has 7 heteroatoms. The second kappa shape index (κ2) is 10.6. The van der Waals surface area contributed by atoms with E-state index in [-0.39, 0.29) is 36.0 Å². The first kappa shape index (κ1) is 24.5. The first-order valence-electron chi connectivity index (χ1n) is 8.56. The van der Waals surface area contributed by atoms with Crippen LogP contribution < -0.4 is 11.1 Å². The first-order chi connectivity index (χ1) is 11.5. The summed E-state index contributed by atoms with van der Waals surface area (Å²) in [6.45, 7) is 12.8. The number of carbonyl (C=O) groups excluding carboxylic acids is 1. The number of nitrogens with two attached hydrogens (primary N) is 1. The molecular weight excluding hydrogens is 443 g/mol. The van der Waals surface area contributed by atoms with E-state index in [1.54, 1.807) is 11.9 Å². The van der Waals surface area contributed by atoms with Gasteiger partial charge in [-0.2, -0.15) is 0 Å². The standard InChI is InChI=1S/C19H32N4O2.HI/c1-13(12-23(7)18(24)25-19(4,5)6)11-21-17(20)22-16-9-8-14(2)15(3)10-16;/h8-10,13H,11-12H2,1-7H3,(H3,20,21,22);1H. The second-order valence-corrected chi connectivity index (χ2v) is 7.62. The van der Waals surface area contributed by atoms with Gasteiger partial charge in [-0.25, -0.2) is 4.79 Å². The fourth-order valence-corrected chi connectivity index (χ4v) is 2.20. The van der Waals surface area contributed by atoms with Gasteiger partial charge in [-0.3, -0.25) is 4.99 Å². The lowest BCUT2D eigenvalue weighted by atomic mass is 10.1. The van der Waals surface area contributed by atoms with Gasteiger partial charge in [0.05, 0.1) is 0 Å². The third-order valence-corrected chi connectivity index (χ3v) is 3.64. The lowest BCUT2D eigenvalue weighted by Gasteiger charge is -2.26. The Morgan fingerprint density at radius 3 is 2.46 bits per heavy atom. The monoisotopic (exact) mass is 476 g/mol. The van der Waals surface area contributed by atoms with Crippen LogP contribution in [0.3, 0.4) is 0 Å². The van der Waals surface area contributed by atoms with Crippen LogP contribution in [-0.2, 0) is 4.74 Å². The topological polar surface area (TPSA) is 80.0 Å². The van der Waals surface area contributed by atoms with E-state index < -0.39 is 5.60 Å². The van der Waals surface area contributed by atoms with Crippen molar-refractivity contribution in [2.24, 2.45) is 16.6 Å². The van der Waals surface area contributed by atoms with Gasteiger partial charge in [0.25, 0.3) is 0 Å². The van der Waals surface area contributed by atoms with Crippen molar-refractivity contribution in [3.05, 3.63) is 29.3 Å². The van der Waals surface area contributed by atoms with Crippen molar-refractivity contribution in [3.63, 3.8) is 0 Å². The number of ether oxygens (including phenoxy) is 1. The number of rotatable bonds is 5. The molecule has 6 nitrogen and oxygen atoms in total. The Kier molecular flexibility index (Phi) is 9.98. The van der Waals surface area contributed by atoms with E-state index in [0.29, 0.717) is 19.0 Å². The second-order valence-electron chi connectivity index (χ2n) is 7.62. The number of amides is 1. The molecule has 26 heavy (non-hydrogen) atoms. The van der Waals surface area contributed by atoms with Crippen LogP contribution in [0.25, 0.3) is 0 Å². The van der Waals surface area contributed by atoms with Gasteiger partial charge >= 0.3 is 6.09 Å². The normalized spacial score (nSPS) is 12.8. The van der Waals surface area contributed by atoms with E-state index in [1.165, 1.54) is 11.1 Å². The number of anilines is 1. The maximum atomic E-state index is 12.0. The molecular formula is C19H33IN4O2. The van der Waals surface area contributed by atoms with E-state index in [0.717, 1.165) is 5.69 Å². The van der Waals surface area contributed by atoms with Crippen LogP contribution in [0.4, 0.5) is 10.5 Å². The van der Waals surface area contributed by atoms with Crippen molar-refractivity contribution < 1.29 is 9.53 Å². The molecule has 148 valence electrons. The Morgan fingerprint density at radius 2 is 1.92 bits per heavy atom. The van der Waals surface area contributed by atoms with Crippen LogP contribution in [0.1, 0.15) is 38.8 Å². The average molecular weight is 476 g/mol. The molecule has 0 aliphatic heterocycles. The third kappa shape index (κ3) is 9.26. The lowest BCUT2D eigenvalue weighted by molar-refractivity contribution is 0.0279. The summed E-state index contributed by atoms with van der Waals surface area (Å²) in [7, 11) is 1.73. The molecule has 0 radical (unpaired) electrons. The lowest BCUT2D eigenvalue weighted by Crippen LogP contribution is -2.37. The van der Waals surface area contributed by atoms with Crippen LogP contribution in [-0.4, -0.2) is 42.7 Å². The SMILES string of the molecule is Cc1ccc(NC(N)=NCC(C)CN(C)C(=O)OC(C)(C)C)cc1C.I. The molecule has 1 unspecified atom stereocenters. The Morgan fingerprint density at radius 1 is 1.31 bits per heavy atom. The van der Waals surface area contributed by atoms with E-state index >= 15 is 0 Å². The fraction of sp³-hybridized carbons (Fsp3) is 0.579. The molecule has 3 N–H and O–H groups in total. The minimum atomic E-state index is -0.493. The molecule has 1 aromatic carbocycles. The Hall–Kier alpha value is -1.51. The number of carbonyl (C=O) groups is 1. The molecule has 0 bridgehead atoms. The fourth-order valence-electron chi connectivity index (χ4n) is 2.20. The summed E-state index contributed by atoms with van der Waals surface area (Å²) in [4.78, 5) is 17.9. The molecule has 0 heterocycles. The Bertz CT molecular complexity index is 626. The Labute approximate surface area is 174 Å². The maximum absolute atomic E-state index is 12.0. The predicted octanol–water partition coefficient (Wildman–Crippen LogP) is 4.15. The van der Waals surface area contributed by atoms with Crippen molar-refractivity contribution in [1.82, 2.24) is 4.90 Å². The maximum Gasteiger partial charge on any atom is 0.410 e. The summed E-state index contributed by atoms with van der Waals surface area (Å²) in [5.41, 5.74) is 8.81. The quantitative estimate of drug-likeness (QED) is 0.380. The number of halogens is 1. The smallest absolute Gasteiger partial charge is 0.410 e. The average Bonchev–Trinajstić information content (AvgIpc) is 2.47. The summed E-state index contributed by atoms with van der Waals surface area (Å²) in [6, 6.07) is 6.06. The summed E-state index contributed by atoms with van der Waals surface area (Å²) < 4.78 is 5.34. The van der Waals surface area contributed by atoms with Crippen LogP contribution in [0.2, 0.25) is 0 Å². The minimum Gasteiger partial charge on any atom is -0.444 e. The highest BCUT2D eigenvalue weighted by Gasteiger charge is 2.20. The van der Waals surface area contributed by atoms with Gasteiger partial charge in [-0.1, -0.05) is 13.0 Å². The van der Waals surface area contributed by atoms with Gasteiger partial charge in [-0.15, -0.1) is 24.0 Å². The van der Waals surface area contributed by atoms with E-state index in [1.807, 2.05) is 45.9 Å². The highest BCUT2D eigenvalue weighted by Crippen LogP contribution is 2.14. The Balaban J connectivity index is 0.00000625. The molecule has 0 aliphatic carbocycles. The van der Waals surface area contributed by atoms with E-state index in [2.05, 4.69) is 24.2 Å². The number of hydrogen-bond acceptors (Lipinski definition) is 3. The van der Waals surface area contributed by atoms with Crippen molar-refractivity contribution in [3.8, 4) is 0 Å². The van der Waals surface area contributed by atoms with Gasteiger partial charge in [0.1, 0.15) is 5.60 Å². The number of nitrogens with zero attached hydrogens (tertiary/aromatic N) is 2. The van der Waals surface area contributed by atoms with Crippen LogP contribution in [0.5, 0.6) is 0 Å². The molecule has 0 spiro atoms. The molecule has 1 atom stereocenters. The van der Waals surface area contributed by atoms with Crippen molar-refractivity contribution in [1.29, 1.82) is 0 Å². The van der Waals surface area contributed by atoms with Gasteiger partial charge in [0.15, 0.2) is 5.96 Å². The molecule has 1 amide bonds. The zero-order valence-electron chi connectivity index (χ0n) is 16.9. The number of guanidine groups is 1. The van der Waals surface area contributed by atoms with Gasteiger partial charge in [-0.05, 0) is 63.8 Å². The molecule has 0 saturated heterocycles.